The normalized spacial score (nSPS) is 18.5. The van der Waals surface area contributed by atoms with Crippen molar-refractivity contribution in [1.82, 2.24) is 24.9 Å². The van der Waals surface area contributed by atoms with Crippen LogP contribution in [0.4, 0.5) is 4.39 Å². The molecule has 1 unspecified atom stereocenters. The van der Waals surface area contributed by atoms with Gasteiger partial charge in [-0.2, -0.15) is 0 Å². The molecule has 1 fully saturated rings. The van der Waals surface area contributed by atoms with Crippen LogP contribution >= 0.6 is 11.3 Å². The lowest BCUT2D eigenvalue weighted by molar-refractivity contribution is 0.151. The van der Waals surface area contributed by atoms with Gasteiger partial charge in [0.05, 0.1) is 11.9 Å². The summed E-state index contributed by atoms with van der Waals surface area (Å²) in [5.41, 5.74) is 1.60. The van der Waals surface area contributed by atoms with Crippen LogP contribution in [0.2, 0.25) is 0 Å². The molecule has 0 saturated carbocycles. The lowest BCUT2D eigenvalue weighted by atomic mass is 9.98. The van der Waals surface area contributed by atoms with E-state index in [1.807, 2.05) is 22.3 Å². The van der Waals surface area contributed by atoms with Gasteiger partial charge in [0.25, 0.3) is 0 Å². The number of benzene rings is 1. The standard InChI is InChI=1S/C18H20FN5S/c19-17-6-2-1-5-16(17)18-21-15(13-25-18)12-23-8-3-4-14(10-23)11-24-9-7-20-22-24/h1-2,5-7,9,13-14H,3-4,8,10-12H2. The summed E-state index contributed by atoms with van der Waals surface area (Å²) in [6, 6.07) is 6.82. The van der Waals surface area contributed by atoms with Crippen LogP contribution in [0.5, 0.6) is 0 Å². The number of nitrogens with zero attached hydrogens (tertiary/aromatic N) is 5. The van der Waals surface area contributed by atoms with Gasteiger partial charge >= 0.3 is 0 Å². The third-order valence-corrected chi connectivity index (χ3v) is 5.49. The molecule has 25 heavy (non-hydrogen) atoms. The third-order valence-electron chi connectivity index (χ3n) is 4.56. The van der Waals surface area contributed by atoms with Gasteiger partial charge in [-0.1, -0.05) is 17.3 Å². The van der Waals surface area contributed by atoms with Crippen LogP contribution in [0.15, 0.2) is 42.0 Å². The topological polar surface area (TPSA) is 46.8 Å². The Morgan fingerprint density at radius 2 is 2.20 bits per heavy atom. The fourth-order valence-corrected chi connectivity index (χ4v) is 4.24. The SMILES string of the molecule is Fc1ccccc1-c1nc(CN2CCCC(Cn3ccnn3)C2)cs1. The Hall–Kier alpha value is -2.12. The lowest BCUT2D eigenvalue weighted by Gasteiger charge is -2.32. The van der Waals surface area contributed by atoms with Crippen molar-refractivity contribution < 1.29 is 4.39 Å². The highest BCUT2D eigenvalue weighted by molar-refractivity contribution is 7.13. The summed E-state index contributed by atoms with van der Waals surface area (Å²) in [4.78, 5) is 7.08. The molecule has 1 aliphatic heterocycles. The van der Waals surface area contributed by atoms with Crippen LogP contribution in [0.25, 0.3) is 10.6 Å². The number of likely N-dealkylation sites (tertiary alicyclic amines) is 1. The fraction of sp³-hybridized carbons (Fsp3) is 0.389. The van der Waals surface area contributed by atoms with Crippen molar-refractivity contribution in [1.29, 1.82) is 0 Å². The molecule has 130 valence electrons. The molecule has 4 rings (SSSR count). The van der Waals surface area contributed by atoms with E-state index in [1.165, 1.54) is 30.2 Å². The Bertz CT molecular complexity index is 817. The Morgan fingerprint density at radius 1 is 1.28 bits per heavy atom. The summed E-state index contributed by atoms with van der Waals surface area (Å²) in [7, 11) is 0. The van der Waals surface area contributed by atoms with Gasteiger partial charge in [-0.25, -0.2) is 9.37 Å². The van der Waals surface area contributed by atoms with Crippen LogP contribution in [-0.4, -0.2) is 38.0 Å². The van der Waals surface area contributed by atoms with Crippen molar-refractivity contribution >= 4 is 11.3 Å². The molecule has 1 aliphatic rings. The van der Waals surface area contributed by atoms with Gasteiger partial charge in [0.15, 0.2) is 0 Å². The second kappa shape index (κ2) is 7.41. The van der Waals surface area contributed by atoms with E-state index in [1.54, 1.807) is 18.3 Å². The summed E-state index contributed by atoms with van der Waals surface area (Å²) >= 11 is 1.51. The minimum absolute atomic E-state index is 0.214. The highest BCUT2D eigenvalue weighted by atomic mass is 32.1. The number of piperidine rings is 1. The molecule has 1 aromatic carbocycles. The Kier molecular flexibility index (Phi) is 4.85. The smallest absolute Gasteiger partial charge is 0.133 e. The average Bonchev–Trinajstić information content (AvgIpc) is 3.28. The highest BCUT2D eigenvalue weighted by Crippen LogP contribution is 2.27. The first-order chi connectivity index (χ1) is 12.3. The zero-order chi connectivity index (χ0) is 17.1. The molecule has 5 nitrogen and oxygen atoms in total. The van der Waals surface area contributed by atoms with E-state index in [0.29, 0.717) is 11.5 Å². The van der Waals surface area contributed by atoms with Gasteiger partial charge in [0.1, 0.15) is 10.8 Å². The van der Waals surface area contributed by atoms with Crippen LogP contribution in [0.3, 0.4) is 0 Å². The van der Waals surface area contributed by atoms with Crippen LogP contribution in [0.1, 0.15) is 18.5 Å². The molecule has 0 bridgehead atoms. The molecule has 0 amide bonds. The number of aromatic nitrogens is 4. The maximum atomic E-state index is 13.9. The first-order valence-electron chi connectivity index (χ1n) is 8.53. The summed E-state index contributed by atoms with van der Waals surface area (Å²) in [5.74, 6) is 0.370. The quantitative estimate of drug-likeness (QED) is 0.702. The highest BCUT2D eigenvalue weighted by Gasteiger charge is 2.21. The van der Waals surface area contributed by atoms with Crippen molar-refractivity contribution in [3.8, 4) is 10.6 Å². The third kappa shape index (κ3) is 3.93. The van der Waals surface area contributed by atoms with Gasteiger partial charge in [-0.3, -0.25) is 9.58 Å². The number of hydrogen-bond acceptors (Lipinski definition) is 5. The number of halogens is 1. The number of rotatable bonds is 5. The van der Waals surface area contributed by atoms with E-state index >= 15 is 0 Å². The lowest BCUT2D eigenvalue weighted by Crippen LogP contribution is -2.36. The van der Waals surface area contributed by atoms with E-state index in [9.17, 15) is 4.39 Å². The van der Waals surface area contributed by atoms with Gasteiger partial charge in [-0.05, 0) is 37.4 Å². The summed E-state index contributed by atoms with van der Waals surface area (Å²) in [5, 5.41) is 10.7. The zero-order valence-corrected chi connectivity index (χ0v) is 14.7. The number of thiazole rings is 1. The Labute approximate surface area is 150 Å². The number of hydrogen-bond donors (Lipinski definition) is 0. The van der Waals surface area contributed by atoms with Gasteiger partial charge in [0.2, 0.25) is 0 Å². The zero-order valence-electron chi connectivity index (χ0n) is 13.9. The van der Waals surface area contributed by atoms with E-state index in [0.717, 1.165) is 36.9 Å². The summed E-state index contributed by atoms with van der Waals surface area (Å²) < 4.78 is 15.8. The first kappa shape index (κ1) is 16.4. The summed E-state index contributed by atoms with van der Waals surface area (Å²) in [6.45, 7) is 3.85. The average molecular weight is 357 g/mol. The molecule has 0 spiro atoms. The summed E-state index contributed by atoms with van der Waals surface area (Å²) in [6.07, 6.45) is 6.04. The van der Waals surface area contributed by atoms with Crippen molar-refractivity contribution in [2.45, 2.75) is 25.9 Å². The maximum absolute atomic E-state index is 13.9. The monoisotopic (exact) mass is 357 g/mol. The van der Waals surface area contributed by atoms with E-state index in [4.69, 9.17) is 0 Å². The van der Waals surface area contributed by atoms with Crippen molar-refractivity contribution in [3.05, 3.63) is 53.6 Å². The second-order valence-corrected chi connectivity index (χ2v) is 7.35. The fourth-order valence-electron chi connectivity index (χ4n) is 3.41. The van der Waals surface area contributed by atoms with Gasteiger partial charge in [-0.15, -0.1) is 16.4 Å². The molecular weight excluding hydrogens is 337 g/mol. The predicted octanol–water partition coefficient (Wildman–Crippen LogP) is 3.45. The van der Waals surface area contributed by atoms with Gasteiger partial charge in [0, 0.05) is 36.8 Å². The largest absolute Gasteiger partial charge is 0.297 e. The maximum Gasteiger partial charge on any atom is 0.133 e. The minimum Gasteiger partial charge on any atom is -0.297 e. The molecule has 1 atom stereocenters. The molecule has 0 radical (unpaired) electrons. The Balaban J connectivity index is 1.39. The van der Waals surface area contributed by atoms with Crippen LogP contribution in [0, 0.1) is 11.7 Å². The Morgan fingerprint density at radius 3 is 3.04 bits per heavy atom. The predicted molar refractivity (Wildman–Crippen MR) is 95.5 cm³/mol. The molecule has 3 heterocycles. The molecule has 2 aromatic heterocycles. The minimum atomic E-state index is -0.214. The molecular formula is C18H20FN5S. The van der Waals surface area contributed by atoms with Crippen LogP contribution < -0.4 is 0 Å². The molecule has 0 aliphatic carbocycles. The first-order valence-corrected chi connectivity index (χ1v) is 9.41. The van der Waals surface area contributed by atoms with Crippen molar-refractivity contribution in [2.24, 2.45) is 5.92 Å². The van der Waals surface area contributed by atoms with E-state index in [2.05, 4.69) is 20.2 Å². The van der Waals surface area contributed by atoms with Crippen molar-refractivity contribution in [3.63, 3.8) is 0 Å². The van der Waals surface area contributed by atoms with Crippen molar-refractivity contribution in [2.75, 3.05) is 13.1 Å². The molecule has 3 aromatic rings. The molecule has 7 heteroatoms. The second-order valence-electron chi connectivity index (χ2n) is 6.49. The van der Waals surface area contributed by atoms with E-state index < -0.39 is 0 Å². The van der Waals surface area contributed by atoms with Gasteiger partial charge < -0.3 is 0 Å². The molecule has 1 saturated heterocycles. The van der Waals surface area contributed by atoms with E-state index in [-0.39, 0.29) is 5.82 Å². The molecule has 0 N–H and O–H groups in total. The van der Waals surface area contributed by atoms with Crippen LogP contribution in [-0.2, 0) is 13.1 Å².